The van der Waals surface area contributed by atoms with Crippen LogP contribution < -0.4 is 5.56 Å². The summed E-state index contributed by atoms with van der Waals surface area (Å²) < 4.78 is 1.91. The van der Waals surface area contributed by atoms with Crippen molar-refractivity contribution in [2.24, 2.45) is 0 Å². The number of aromatic nitrogens is 4. The van der Waals surface area contributed by atoms with Gasteiger partial charge in [0.05, 0.1) is 11.4 Å². The fraction of sp³-hybridized carbons (Fsp3) is 0.214. The largest absolute Gasteiger partial charge is 0.317 e. The van der Waals surface area contributed by atoms with E-state index in [0.717, 1.165) is 35.6 Å². The predicted octanol–water partition coefficient (Wildman–Crippen LogP) is 1.55. The fourth-order valence-electron chi connectivity index (χ4n) is 2.82. The molecule has 1 aliphatic carbocycles. The maximum absolute atomic E-state index is 12.1. The standard InChI is InChI=1S/C14H12N4O/c1-2-11-16-17-13-14(19)15-12-9-6-4-3-5-8(9)7-10(12)18(11)13/h3-6H,2,7H2,1H3,(H,15,19). The van der Waals surface area contributed by atoms with Crippen LogP contribution >= 0.6 is 0 Å². The van der Waals surface area contributed by atoms with Crippen LogP contribution in [0.5, 0.6) is 0 Å². The van der Waals surface area contributed by atoms with Gasteiger partial charge in [0, 0.05) is 18.4 Å². The summed E-state index contributed by atoms with van der Waals surface area (Å²) in [5, 5.41) is 8.11. The van der Waals surface area contributed by atoms with Crippen molar-refractivity contribution in [3.05, 3.63) is 51.7 Å². The van der Waals surface area contributed by atoms with Crippen LogP contribution in [0.3, 0.4) is 0 Å². The zero-order valence-corrected chi connectivity index (χ0v) is 10.5. The van der Waals surface area contributed by atoms with Crippen LogP contribution in [0, 0.1) is 0 Å². The molecule has 94 valence electrons. The lowest BCUT2D eigenvalue weighted by Gasteiger charge is -2.05. The average Bonchev–Trinajstić information content (AvgIpc) is 3.00. The first kappa shape index (κ1) is 10.5. The van der Waals surface area contributed by atoms with Gasteiger partial charge < -0.3 is 4.98 Å². The summed E-state index contributed by atoms with van der Waals surface area (Å²) in [5.74, 6) is 0.838. The van der Waals surface area contributed by atoms with Crippen LogP contribution in [0.2, 0.25) is 0 Å². The van der Waals surface area contributed by atoms with E-state index in [2.05, 4.69) is 21.2 Å². The Hall–Kier alpha value is -2.43. The van der Waals surface area contributed by atoms with Crippen LogP contribution in [-0.4, -0.2) is 19.6 Å². The molecule has 1 N–H and O–H groups in total. The summed E-state index contributed by atoms with van der Waals surface area (Å²) in [6, 6.07) is 8.14. The van der Waals surface area contributed by atoms with Crippen molar-refractivity contribution in [1.82, 2.24) is 19.6 Å². The number of benzene rings is 1. The van der Waals surface area contributed by atoms with Crippen molar-refractivity contribution in [3.8, 4) is 11.3 Å². The molecule has 0 saturated heterocycles. The molecule has 0 amide bonds. The SMILES string of the molecule is CCc1nnc2c(=O)[nH]c3c(n12)Cc1ccccc1-3. The van der Waals surface area contributed by atoms with Gasteiger partial charge >= 0.3 is 0 Å². The van der Waals surface area contributed by atoms with Crippen molar-refractivity contribution in [1.29, 1.82) is 0 Å². The number of nitrogens with one attached hydrogen (secondary N) is 1. The van der Waals surface area contributed by atoms with E-state index in [-0.39, 0.29) is 5.56 Å². The smallest absolute Gasteiger partial charge is 0.294 e. The molecule has 1 aliphatic rings. The Morgan fingerprint density at radius 3 is 3.00 bits per heavy atom. The molecule has 2 aromatic heterocycles. The molecule has 19 heavy (non-hydrogen) atoms. The molecular formula is C14H12N4O. The second-order valence-electron chi connectivity index (χ2n) is 4.74. The van der Waals surface area contributed by atoms with E-state index in [1.54, 1.807) is 0 Å². The summed E-state index contributed by atoms with van der Waals surface area (Å²) in [4.78, 5) is 15.0. The number of fused-ring (bicyclic) bond motifs is 5. The summed E-state index contributed by atoms with van der Waals surface area (Å²) in [5.41, 5.74) is 4.54. The first-order valence-electron chi connectivity index (χ1n) is 6.37. The summed E-state index contributed by atoms with van der Waals surface area (Å²) in [6.45, 7) is 2.02. The molecule has 5 nitrogen and oxygen atoms in total. The molecule has 3 aromatic rings. The van der Waals surface area contributed by atoms with Gasteiger partial charge in [0.25, 0.3) is 5.56 Å². The van der Waals surface area contributed by atoms with Crippen molar-refractivity contribution in [3.63, 3.8) is 0 Å². The van der Waals surface area contributed by atoms with E-state index in [1.807, 2.05) is 29.5 Å². The topological polar surface area (TPSA) is 63.0 Å². The summed E-state index contributed by atoms with van der Waals surface area (Å²) >= 11 is 0. The maximum atomic E-state index is 12.1. The third-order valence-corrected chi connectivity index (χ3v) is 3.69. The number of aryl methyl sites for hydroxylation is 1. The molecule has 5 heteroatoms. The first-order valence-corrected chi connectivity index (χ1v) is 6.37. The van der Waals surface area contributed by atoms with Gasteiger partial charge in [-0.15, -0.1) is 10.2 Å². The third-order valence-electron chi connectivity index (χ3n) is 3.69. The van der Waals surface area contributed by atoms with Gasteiger partial charge in [-0.3, -0.25) is 9.20 Å². The molecule has 0 fully saturated rings. The average molecular weight is 252 g/mol. The van der Waals surface area contributed by atoms with Gasteiger partial charge in [0.1, 0.15) is 5.82 Å². The van der Waals surface area contributed by atoms with Crippen LogP contribution in [0.25, 0.3) is 16.9 Å². The van der Waals surface area contributed by atoms with Crippen LogP contribution in [0.15, 0.2) is 29.1 Å². The number of rotatable bonds is 1. The summed E-state index contributed by atoms with van der Waals surface area (Å²) in [6.07, 6.45) is 1.57. The van der Waals surface area contributed by atoms with Gasteiger partial charge in [0.2, 0.25) is 5.65 Å². The molecule has 0 saturated carbocycles. The van der Waals surface area contributed by atoms with Crippen LogP contribution in [-0.2, 0) is 12.8 Å². The van der Waals surface area contributed by atoms with Gasteiger partial charge in [-0.25, -0.2) is 0 Å². The molecule has 4 rings (SSSR count). The molecule has 0 aliphatic heterocycles. The molecule has 0 bridgehead atoms. The number of H-pyrrole nitrogens is 1. The Balaban J connectivity index is 2.16. The van der Waals surface area contributed by atoms with Crippen molar-refractivity contribution >= 4 is 5.65 Å². The Morgan fingerprint density at radius 1 is 1.32 bits per heavy atom. The molecule has 0 radical (unpaired) electrons. The lowest BCUT2D eigenvalue weighted by atomic mass is 10.1. The highest BCUT2D eigenvalue weighted by atomic mass is 16.1. The number of hydrogen-bond acceptors (Lipinski definition) is 3. The number of nitrogens with zero attached hydrogens (tertiary/aromatic N) is 3. The Kier molecular flexibility index (Phi) is 1.95. The highest BCUT2D eigenvalue weighted by Crippen LogP contribution is 2.34. The van der Waals surface area contributed by atoms with Gasteiger partial charge in [-0.05, 0) is 5.56 Å². The second kappa shape index (κ2) is 3.54. The minimum absolute atomic E-state index is 0.178. The van der Waals surface area contributed by atoms with E-state index in [1.165, 1.54) is 5.56 Å². The lowest BCUT2D eigenvalue weighted by molar-refractivity contribution is 0.876. The van der Waals surface area contributed by atoms with E-state index in [4.69, 9.17) is 0 Å². The van der Waals surface area contributed by atoms with E-state index >= 15 is 0 Å². The van der Waals surface area contributed by atoms with Crippen molar-refractivity contribution in [2.45, 2.75) is 19.8 Å². The quantitative estimate of drug-likeness (QED) is 0.559. The minimum Gasteiger partial charge on any atom is -0.317 e. The van der Waals surface area contributed by atoms with E-state index < -0.39 is 0 Å². The first-order chi connectivity index (χ1) is 9.29. The molecule has 0 unspecified atom stereocenters. The third kappa shape index (κ3) is 1.27. The monoisotopic (exact) mass is 252 g/mol. The lowest BCUT2D eigenvalue weighted by Crippen LogP contribution is -2.14. The Labute approximate surface area is 108 Å². The zero-order valence-electron chi connectivity index (χ0n) is 10.5. The highest BCUT2D eigenvalue weighted by Gasteiger charge is 2.24. The molecule has 0 atom stereocenters. The van der Waals surface area contributed by atoms with Crippen molar-refractivity contribution in [2.75, 3.05) is 0 Å². The second-order valence-corrected chi connectivity index (χ2v) is 4.74. The summed E-state index contributed by atoms with van der Waals surface area (Å²) in [7, 11) is 0. The fourth-order valence-corrected chi connectivity index (χ4v) is 2.82. The van der Waals surface area contributed by atoms with Crippen LogP contribution in [0.1, 0.15) is 24.0 Å². The van der Waals surface area contributed by atoms with Gasteiger partial charge in [-0.1, -0.05) is 31.2 Å². The minimum atomic E-state index is -0.178. The number of hydrogen-bond donors (Lipinski definition) is 1. The molecule has 1 aromatic carbocycles. The number of aromatic amines is 1. The maximum Gasteiger partial charge on any atom is 0.294 e. The molecule has 0 spiro atoms. The van der Waals surface area contributed by atoms with Gasteiger partial charge in [-0.2, -0.15) is 0 Å². The Bertz CT molecular complexity index is 859. The van der Waals surface area contributed by atoms with E-state index in [0.29, 0.717) is 5.65 Å². The highest BCUT2D eigenvalue weighted by molar-refractivity contribution is 5.73. The van der Waals surface area contributed by atoms with Gasteiger partial charge in [0.15, 0.2) is 0 Å². The Morgan fingerprint density at radius 2 is 2.16 bits per heavy atom. The zero-order chi connectivity index (χ0) is 13.0. The molecule has 2 heterocycles. The predicted molar refractivity (Wildman–Crippen MR) is 71.2 cm³/mol. The van der Waals surface area contributed by atoms with E-state index in [9.17, 15) is 4.79 Å². The normalized spacial score (nSPS) is 12.7. The van der Waals surface area contributed by atoms with Crippen LogP contribution in [0.4, 0.5) is 0 Å². The molecular weight excluding hydrogens is 240 g/mol. The van der Waals surface area contributed by atoms with Crippen molar-refractivity contribution < 1.29 is 0 Å².